The summed E-state index contributed by atoms with van der Waals surface area (Å²) in [4.78, 5) is 18.2. The van der Waals surface area contributed by atoms with Crippen LogP contribution in [-0.4, -0.2) is 47.3 Å². The highest BCUT2D eigenvalue weighted by Crippen LogP contribution is 2.19. The maximum absolute atomic E-state index is 12.1. The van der Waals surface area contributed by atoms with Crippen molar-refractivity contribution in [1.29, 1.82) is 0 Å². The average molecular weight is 322 g/mol. The van der Waals surface area contributed by atoms with E-state index in [1.165, 1.54) is 0 Å². The fourth-order valence-electron chi connectivity index (χ4n) is 2.26. The number of carbonyl (C=O) groups is 1. The molecule has 6 nitrogen and oxygen atoms in total. The molecule has 2 heterocycles. The zero-order chi connectivity index (χ0) is 15.4. The number of ether oxygens (including phenoxy) is 1. The molecule has 0 N–H and O–H groups in total. The molecule has 1 fully saturated rings. The van der Waals surface area contributed by atoms with Gasteiger partial charge in [0.2, 0.25) is 17.6 Å². The van der Waals surface area contributed by atoms with Crippen LogP contribution in [0.3, 0.4) is 0 Å². The van der Waals surface area contributed by atoms with Crippen LogP contribution in [0, 0.1) is 0 Å². The zero-order valence-electron chi connectivity index (χ0n) is 12.0. The van der Waals surface area contributed by atoms with Crippen molar-refractivity contribution >= 4 is 17.5 Å². The predicted octanol–water partition coefficient (Wildman–Crippen LogP) is 2.18. The average Bonchev–Trinajstić information content (AvgIpc) is 3.03. The van der Waals surface area contributed by atoms with Crippen molar-refractivity contribution < 1.29 is 14.1 Å². The summed E-state index contributed by atoms with van der Waals surface area (Å²) in [6, 6.07) is 7.20. The van der Waals surface area contributed by atoms with Crippen molar-refractivity contribution in [2.75, 3.05) is 26.3 Å². The van der Waals surface area contributed by atoms with Gasteiger partial charge in [-0.1, -0.05) is 16.8 Å². The van der Waals surface area contributed by atoms with Gasteiger partial charge in [-0.05, 0) is 24.3 Å². The molecule has 3 rings (SSSR count). The second kappa shape index (κ2) is 6.89. The molecule has 0 spiro atoms. The molecule has 0 unspecified atom stereocenters. The Morgan fingerprint density at radius 3 is 2.68 bits per heavy atom. The SMILES string of the molecule is O=C(CCc1nc(-c2ccc(Cl)cc2)no1)N1CCOCC1. The first kappa shape index (κ1) is 15.0. The van der Waals surface area contributed by atoms with E-state index in [-0.39, 0.29) is 5.91 Å². The van der Waals surface area contributed by atoms with E-state index >= 15 is 0 Å². The number of carbonyl (C=O) groups excluding carboxylic acids is 1. The standard InChI is InChI=1S/C15H16ClN3O3/c16-12-3-1-11(2-4-12)15-17-13(22-18-15)5-6-14(20)19-7-9-21-10-8-19/h1-4H,5-10H2. The van der Waals surface area contributed by atoms with E-state index in [1.54, 1.807) is 17.0 Å². The van der Waals surface area contributed by atoms with Gasteiger partial charge in [0.1, 0.15) is 0 Å². The summed E-state index contributed by atoms with van der Waals surface area (Å²) in [6.45, 7) is 2.51. The molecule has 1 aromatic heterocycles. The summed E-state index contributed by atoms with van der Waals surface area (Å²) in [7, 11) is 0. The van der Waals surface area contributed by atoms with Crippen LogP contribution >= 0.6 is 11.6 Å². The minimum absolute atomic E-state index is 0.0922. The summed E-state index contributed by atoms with van der Waals surface area (Å²) in [5, 5.41) is 4.59. The topological polar surface area (TPSA) is 68.5 Å². The molecule has 22 heavy (non-hydrogen) atoms. The number of benzene rings is 1. The van der Waals surface area contributed by atoms with E-state index in [9.17, 15) is 4.79 Å². The van der Waals surface area contributed by atoms with Gasteiger partial charge >= 0.3 is 0 Å². The van der Waals surface area contributed by atoms with Crippen molar-refractivity contribution in [2.45, 2.75) is 12.8 Å². The smallest absolute Gasteiger partial charge is 0.227 e. The Hall–Kier alpha value is -1.92. The Kier molecular flexibility index (Phi) is 4.70. The van der Waals surface area contributed by atoms with E-state index in [1.807, 2.05) is 12.1 Å². The highest BCUT2D eigenvalue weighted by Gasteiger charge is 2.18. The van der Waals surface area contributed by atoms with Crippen LogP contribution in [-0.2, 0) is 16.0 Å². The molecule has 1 aliphatic heterocycles. The number of nitrogens with zero attached hydrogens (tertiary/aromatic N) is 3. The van der Waals surface area contributed by atoms with Gasteiger partial charge in [0.15, 0.2) is 0 Å². The summed E-state index contributed by atoms with van der Waals surface area (Å²) in [6.07, 6.45) is 0.805. The lowest BCUT2D eigenvalue weighted by Crippen LogP contribution is -2.40. The van der Waals surface area contributed by atoms with Gasteiger partial charge in [-0.15, -0.1) is 0 Å². The van der Waals surface area contributed by atoms with Crippen LogP contribution in [0.4, 0.5) is 0 Å². The number of hydrogen-bond acceptors (Lipinski definition) is 5. The van der Waals surface area contributed by atoms with E-state index in [0.29, 0.717) is 55.9 Å². The van der Waals surface area contributed by atoms with Crippen LogP contribution in [0.25, 0.3) is 11.4 Å². The third-order valence-electron chi connectivity index (χ3n) is 3.49. The first-order valence-corrected chi connectivity index (χ1v) is 7.54. The van der Waals surface area contributed by atoms with Crippen LogP contribution in [0.2, 0.25) is 5.02 Å². The highest BCUT2D eigenvalue weighted by molar-refractivity contribution is 6.30. The Morgan fingerprint density at radius 1 is 1.23 bits per heavy atom. The van der Waals surface area contributed by atoms with E-state index in [0.717, 1.165) is 5.56 Å². The molecule has 7 heteroatoms. The monoisotopic (exact) mass is 321 g/mol. The first-order valence-electron chi connectivity index (χ1n) is 7.16. The number of amides is 1. The molecule has 0 aliphatic carbocycles. The number of rotatable bonds is 4. The first-order chi connectivity index (χ1) is 10.7. The minimum atomic E-state index is 0.0922. The molecule has 1 amide bonds. The fourth-order valence-corrected chi connectivity index (χ4v) is 2.38. The number of aromatic nitrogens is 2. The Labute approximate surface area is 133 Å². The van der Waals surface area contributed by atoms with Crippen LogP contribution in [0.5, 0.6) is 0 Å². The van der Waals surface area contributed by atoms with Crippen molar-refractivity contribution in [3.63, 3.8) is 0 Å². The summed E-state index contributed by atoms with van der Waals surface area (Å²) in [5.74, 6) is 1.06. The lowest BCUT2D eigenvalue weighted by molar-refractivity contribution is -0.135. The van der Waals surface area contributed by atoms with Crippen molar-refractivity contribution in [1.82, 2.24) is 15.0 Å². The molecule has 2 aromatic rings. The van der Waals surface area contributed by atoms with Gasteiger partial charge in [0.05, 0.1) is 13.2 Å². The van der Waals surface area contributed by atoms with Gasteiger partial charge in [-0.2, -0.15) is 4.98 Å². The van der Waals surface area contributed by atoms with Gasteiger partial charge in [0, 0.05) is 36.5 Å². The molecule has 1 aliphatic rings. The Morgan fingerprint density at radius 2 is 1.95 bits per heavy atom. The highest BCUT2D eigenvalue weighted by atomic mass is 35.5. The van der Waals surface area contributed by atoms with Crippen molar-refractivity contribution in [2.24, 2.45) is 0 Å². The largest absolute Gasteiger partial charge is 0.378 e. The van der Waals surface area contributed by atoms with Crippen LogP contribution in [0.15, 0.2) is 28.8 Å². The number of hydrogen-bond donors (Lipinski definition) is 0. The molecule has 0 atom stereocenters. The second-order valence-electron chi connectivity index (χ2n) is 5.01. The second-order valence-corrected chi connectivity index (χ2v) is 5.45. The molecule has 0 radical (unpaired) electrons. The summed E-state index contributed by atoms with van der Waals surface area (Å²) < 4.78 is 10.4. The maximum Gasteiger partial charge on any atom is 0.227 e. The third-order valence-corrected chi connectivity index (χ3v) is 3.74. The number of aryl methyl sites for hydroxylation is 1. The van der Waals surface area contributed by atoms with Gasteiger partial charge < -0.3 is 14.2 Å². The van der Waals surface area contributed by atoms with Crippen molar-refractivity contribution in [3.8, 4) is 11.4 Å². The normalized spacial score (nSPS) is 15.0. The van der Waals surface area contributed by atoms with Gasteiger partial charge in [0.25, 0.3) is 0 Å². The molecule has 1 aromatic carbocycles. The molecule has 116 valence electrons. The van der Waals surface area contributed by atoms with E-state index in [2.05, 4.69) is 10.1 Å². The summed E-state index contributed by atoms with van der Waals surface area (Å²) in [5.41, 5.74) is 0.832. The maximum atomic E-state index is 12.1. The molecule has 0 saturated carbocycles. The van der Waals surface area contributed by atoms with Gasteiger partial charge in [-0.3, -0.25) is 4.79 Å². The Bertz CT molecular complexity index is 636. The minimum Gasteiger partial charge on any atom is -0.378 e. The third kappa shape index (κ3) is 3.64. The lowest BCUT2D eigenvalue weighted by Gasteiger charge is -2.26. The quantitative estimate of drug-likeness (QED) is 0.863. The number of morpholine rings is 1. The zero-order valence-corrected chi connectivity index (χ0v) is 12.8. The molecular weight excluding hydrogens is 306 g/mol. The predicted molar refractivity (Wildman–Crippen MR) is 80.5 cm³/mol. The van der Waals surface area contributed by atoms with Crippen LogP contribution in [0.1, 0.15) is 12.3 Å². The molecular formula is C15H16ClN3O3. The van der Waals surface area contributed by atoms with Crippen LogP contribution < -0.4 is 0 Å². The van der Waals surface area contributed by atoms with Gasteiger partial charge in [-0.25, -0.2) is 0 Å². The Balaban J connectivity index is 1.57. The van der Waals surface area contributed by atoms with E-state index in [4.69, 9.17) is 20.9 Å². The summed E-state index contributed by atoms with van der Waals surface area (Å²) >= 11 is 5.85. The fraction of sp³-hybridized carbons (Fsp3) is 0.400. The van der Waals surface area contributed by atoms with Crippen molar-refractivity contribution in [3.05, 3.63) is 35.2 Å². The molecule has 0 bridgehead atoms. The molecule has 1 saturated heterocycles. The lowest BCUT2D eigenvalue weighted by atomic mass is 10.2. The number of halogens is 1. The van der Waals surface area contributed by atoms with E-state index < -0.39 is 0 Å².